The lowest BCUT2D eigenvalue weighted by Gasteiger charge is -2.32. The minimum Gasteiger partial charge on any atom is -0.356 e. The molecule has 0 radical (unpaired) electrons. The van der Waals surface area contributed by atoms with Gasteiger partial charge in [-0.25, -0.2) is 0 Å². The number of hydrogen-bond acceptors (Lipinski definition) is 3. The summed E-state index contributed by atoms with van der Waals surface area (Å²) in [4.78, 5) is 2.27. The predicted octanol–water partition coefficient (Wildman–Crippen LogP) is 6.32. The zero-order valence-electron chi connectivity index (χ0n) is 14.8. The number of nitrogens with one attached hydrogen (secondary N) is 1. The maximum absolute atomic E-state index is 5.60. The van der Waals surface area contributed by atoms with Crippen molar-refractivity contribution in [3.05, 3.63) is 54.6 Å². The minimum atomic E-state index is 0.387. The lowest BCUT2D eigenvalue weighted by atomic mass is 10.0. The van der Waals surface area contributed by atoms with Crippen LogP contribution in [-0.4, -0.2) is 16.6 Å². The molecule has 1 unspecified atom stereocenters. The molecule has 0 aliphatic rings. The molecule has 0 heterocycles. The molecule has 0 amide bonds. The smallest absolute Gasteiger partial charge is 0.140 e. The zero-order chi connectivity index (χ0) is 17.5. The summed E-state index contributed by atoms with van der Waals surface area (Å²) in [5.41, 5.74) is 3.33. The molecule has 1 atom stereocenters. The van der Waals surface area contributed by atoms with Gasteiger partial charge in [0.25, 0.3) is 0 Å². The van der Waals surface area contributed by atoms with Crippen LogP contribution in [0.25, 0.3) is 0 Å². The third-order valence-corrected chi connectivity index (χ3v) is 5.08. The summed E-state index contributed by atoms with van der Waals surface area (Å²) in [5, 5.41) is 3.42. The van der Waals surface area contributed by atoms with E-state index in [0.717, 1.165) is 27.8 Å². The molecule has 2 aromatic carbocycles. The average Bonchev–Trinajstić information content (AvgIpc) is 2.56. The van der Waals surface area contributed by atoms with Gasteiger partial charge in [-0.2, -0.15) is 0 Å². The Balaban J connectivity index is 2.17. The molecular formula is C20H26N2S2. The summed E-state index contributed by atoms with van der Waals surface area (Å²) in [6, 6.07) is 19.1. The first kappa shape index (κ1) is 18.8. The van der Waals surface area contributed by atoms with E-state index in [1.807, 2.05) is 24.5 Å². The van der Waals surface area contributed by atoms with Crippen LogP contribution in [0, 0.1) is 5.92 Å². The molecule has 0 aliphatic carbocycles. The van der Waals surface area contributed by atoms with Crippen LogP contribution in [0.4, 0.5) is 17.1 Å². The van der Waals surface area contributed by atoms with Crippen molar-refractivity contribution in [2.75, 3.05) is 16.5 Å². The van der Waals surface area contributed by atoms with Gasteiger partial charge in [-0.15, -0.1) is 11.8 Å². The molecule has 0 aromatic heterocycles. The highest BCUT2D eigenvalue weighted by Gasteiger charge is 2.19. The molecule has 1 N–H and O–H groups in total. The summed E-state index contributed by atoms with van der Waals surface area (Å²) in [6.07, 6.45) is 3.16. The second kappa shape index (κ2) is 9.09. The topological polar surface area (TPSA) is 15.3 Å². The summed E-state index contributed by atoms with van der Waals surface area (Å²) >= 11 is 7.23. The van der Waals surface area contributed by atoms with Crippen molar-refractivity contribution in [1.82, 2.24) is 0 Å². The predicted molar refractivity (Wildman–Crippen MR) is 114 cm³/mol. The molecule has 0 spiro atoms. The van der Waals surface area contributed by atoms with Crippen molar-refractivity contribution < 1.29 is 0 Å². The number of para-hydroxylation sites is 1. The van der Waals surface area contributed by atoms with Gasteiger partial charge in [0, 0.05) is 23.1 Å². The first-order valence-corrected chi connectivity index (χ1v) is 9.94. The third-order valence-electron chi connectivity index (χ3n) is 3.83. The minimum absolute atomic E-state index is 0.387. The Morgan fingerprint density at radius 2 is 1.58 bits per heavy atom. The highest BCUT2D eigenvalue weighted by atomic mass is 32.2. The van der Waals surface area contributed by atoms with E-state index in [1.54, 1.807) is 11.8 Å². The van der Waals surface area contributed by atoms with Gasteiger partial charge in [0.15, 0.2) is 0 Å². The monoisotopic (exact) mass is 358 g/mol. The van der Waals surface area contributed by atoms with Crippen molar-refractivity contribution >= 4 is 45.4 Å². The fraction of sp³-hybridized carbons (Fsp3) is 0.350. The van der Waals surface area contributed by atoms with E-state index in [2.05, 4.69) is 67.4 Å². The van der Waals surface area contributed by atoms with Crippen LogP contribution in [0.2, 0.25) is 0 Å². The van der Waals surface area contributed by atoms with Crippen LogP contribution in [0.3, 0.4) is 0 Å². The number of anilines is 3. The van der Waals surface area contributed by atoms with Gasteiger partial charge in [-0.05, 0) is 61.9 Å². The Kier molecular flexibility index (Phi) is 7.13. The summed E-state index contributed by atoms with van der Waals surface area (Å²) in [7, 11) is 0. The second-order valence-corrected chi connectivity index (χ2v) is 7.80. The van der Waals surface area contributed by atoms with E-state index < -0.39 is 0 Å². The average molecular weight is 359 g/mol. The molecule has 128 valence electrons. The van der Waals surface area contributed by atoms with Gasteiger partial charge in [0.2, 0.25) is 0 Å². The van der Waals surface area contributed by atoms with Crippen LogP contribution >= 0.6 is 24.0 Å². The Morgan fingerprint density at radius 1 is 1.00 bits per heavy atom. The molecular weight excluding hydrogens is 332 g/mol. The molecule has 0 bridgehead atoms. The van der Waals surface area contributed by atoms with Gasteiger partial charge in [0.05, 0.1) is 0 Å². The van der Waals surface area contributed by atoms with Crippen molar-refractivity contribution in [3.8, 4) is 0 Å². The lowest BCUT2D eigenvalue weighted by Crippen LogP contribution is -2.36. The van der Waals surface area contributed by atoms with E-state index >= 15 is 0 Å². The van der Waals surface area contributed by atoms with Crippen LogP contribution in [0.5, 0.6) is 0 Å². The largest absolute Gasteiger partial charge is 0.356 e. The van der Waals surface area contributed by atoms with E-state index in [9.17, 15) is 0 Å². The fourth-order valence-corrected chi connectivity index (χ4v) is 3.59. The molecule has 4 heteroatoms. The Labute approximate surface area is 155 Å². The molecule has 0 fully saturated rings. The van der Waals surface area contributed by atoms with Crippen LogP contribution < -0.4 is 10.2 Å². The number of rotatable bonds is 6. The van der Waals surface area contributed by atoms with E-state index in [-0.39, 0.29) is 0 Å². The zero-order valence-corrected chi connectivity index (χ0v) is 16.5. The number of nitrogens with zero attached hydrogens (tertiary/aromatic N) is 1. The van der Waals surface area contributed by atoms with E-state index in [4.69, 9.17) is 12.2 Å². The van der Waals surface area contributed by atoms with Gasteiger partial charge < -0.3 is 10.2 Å². The van der Waals surface area contributed by atoms with Gasteiger partial charge >= 0.3 is 0 Å². The van der Waals surface area contributed by atoms with Crippen molar-refractivity contribution in [2.24, 2.45) is 5.92 Å². The Morgan fingerprint density at radius 3 is 2.12 bits per heavy atom. The van der Waals surface area contributed by atoms with Crippen LogP contribution in [0.15, 0.2) is 54.6 Å². The van der Waals surface area contributed by atoms with Gasteiger partial charge in [-0.1, -0.05) is 44.3 Å². The number of hydrogen-bond donors (Lipinski definition) is 1. The fourth-order valence-electron chi connectivity index (χ4n) is 2.82. The van der Waals surface area contributed by atoms with E-state index in [0.29, 0.717) is 12.0 Å². The first-order chi connectivity index (χ1) is 11.5. The van der Waals surface area contributed by atoms with Crippen molar-refractivity contribution in [2.45, 2.75) is 33.2 Å². The molecule has 2 aromatic rings. The number of thioether (sulfide) groups is 1. The van der Waals surface area contributed by atoms with Crippen LogP contribution in [-0.2, 0) is 0 Å². The molecule has 24 heavy (non-hydrogen) atoms. The van der Waals surface area contributed by atoms with Gasteiger partial charge in [0.1, 0.15) is 4.32 Å². The summed E-state index contributed by atoms with van der Waals surface area (Å²) in [5.74, 6) is 0.645. The summed E-state index contributed by atoms with van der Waals surface area (Å²) < 4.78 is 0.923. The van der Waals surface area contributed by atoms with Crippen molar-refractivity contribution in [3.63, 3.8) is 0 Å². The van der Waals surface area contributed by atoms with Gasteiger partial charge in [-0.3, -0.25) is 0 Å². The Hall–Kier alpha value is -1.52. The standard InChI is InChI=1S/C20H26N2S2/c1-15(2)14-16(3)22(20(23)24-4)19-12-10-18(11-13-19)21-17-8-6-5-7-9-17/h5-13,15-16,21H,14H2,1-4H3. The summed E-state index contributed by atoms with van der Waals surface area (Å²) in [6.45, 7) is 6.76. The SMILES string of the molecule is CSC(=S)N(c1ccc(Nc2ccccc2)cc1)C(C)CC(C)C. The highest BCUT2D eigenvalue weighted by molar-refractivity contribution is 8.22. The second-order valence-electron chi connectivity index (χ2n) is 6.36. The maximum atomic E-state index is 5.60. The highest BCUT2D eigenvalue weighted by Crippen LogP contribution is 2.27. The Bertz CT molecular complexity index is 638. The molecule has 2 nitrogen and oxygen atoms in total. The third kappa shape index (κ3) is 5.25. The van der Waals surface area contributed by atoms with Crippen molar-refractivity contribution in [1.29, 1.82) is 0 Å². The molecule has 0 saturated carbocycles. The maximum Gasteiger partial charge on any atom is 0.140 e. The number of benzene rings is 2. The molecule has 2 rings (SSSR count). The molecule has 0 saturated heterocycles. The quantitative estimate of drug-likeness (QED) is 0.608. The first-order valence-electron chi connectivity index (χ1n) is 8.30. The van der Waals surface area contributed by atoms with E-state index in [1.165, 1.54) is 0 Å². The normalized spacial score (nSPS) is 12.0. The molecule has 0 aliphatic heterocycles. The van der Waals surface area contributed by atoms with Crippen LogP contribution in [0.1, 0.15) is 27.2 Å². The number of thiocarbonyl (C=S) groups is 1. The lowest BCUT2D eigenvalue weighted by molar-refractivity contribution is 0.519.